The second-order valence-electron chi connectivity index (χ2n) is 6.09. The quantitative estimate of drug-likeness (QED) is 0.723. The molecule has 1 atom stereocenters. The molecule has 0 aromatic heterocycles. The number of hydrogen-bond donors (Lipinski definition) is 1. The number of hydrogen-bond acceptors (Lipinski definition) is 1. The molecule has 1 aliphatic rings. The highest BCUT2D eigenvalue weighted by Gasteiger charge is 2.24. The molecule has 1 unspecified atom stereocenters. The van der Waals surface area contributed by atoms with Gasteiger partial charge in [-0.2, -0.15) is 0 Å². The van der Waals surface area contributed by atoms with Gasteiger partial charge in [0.15, 0.2) is 0 Å². The van der Waals surface area contributed by atoms with E-state index in [2.05, 4.69) is 19.2 Å². The molecule has 0 radical (unpaired) electrons. The Hall–Kier alpha value is -0.760. The van der Waals surface area contributed by atoms with Crippen LogP contribution >= 0.6 is 11.6 Å². The Labute approximate surface area is 114 Å². The van der Waals surface area contributed by atoms with Gasteiger partial charge >= 0.3 is 0 Å². The Bertz CT molecular complexity index is 397. The van der Waals surface area contributed by atoms with E-state index in [4.69, 9.17) is 11.6 Å². The van der Waals surface area contributed by atoms with Crippen LogP contribution in [0.4, 0.5) is 10.1 Å². The van der Waals surface area contributed by atoms with E-state index < -0.39 is 0 Å². The van der Waals surface area contributed by atoms with Crippen LogP contribution in [0.5, 0.6) is 0 Å². The number of nitrogens with one attached hydrogen (secondary N) is 1. The van der Waals surface area contributed by atoms with Crippen molar-refractivity contribution >= 4 is 17.3 Å². The molecular formula is C15H21ClFN. The monoisotopic (exact) mass is 269 g/mol. The number of halogens is 2. The second kappa shape index (κ2) is 5.48. The van der Waals surface area contributed by atoms with Gasteiger partial charge in [-0.25, -0.2) is 4.39 Å². The van der Waals surface area contributed by atoms with Crippen molar-refractivity contribution in [1.82, 2.24) is 0 Å². The van der Waals surface area contributed by atoms with E-state index in [-0.39, 0.29) is 5.82 Å². The van der Waals surface area contributed by atoms with Crippen molar-refractivity contribution in [1.29, 1.82) is 0 Å². The predicted octanol–water partition coefficient (Wildman–Crippen LogP) is 5.25. The van der Waals surface area contributed by atoms with Crippen LogP contribution in [0.15, 0.2) is 18.2 Å². The zero-order valence-corrected chi connectivity index (χ0v) is 11.9. The van der Waals surface area contributed by atoms with Gasteiger partial charge in [-0.15, -0.1) is 0 Å². The molecule has 18 heavy (non-hydrogen) atoms. The minimum atomic E-state index is -0.279. The first kappa shape index (κ1) is 13.7. The fourth-order valence-corrected chi connectivity index (χ4v) is 2.90. The van der Waals surface area contributed by atoms with Crippen LogP contribution in [0, 0.1) is 11.2 Å². The molecule has 0 spiro atoms. The smallest absolute Gasteiger partial charge is 0.126 e. The molecule has 0 saturated heterocycles. The van der Waals surface area contributed by atoms with Gasteiger partial charge in [0.05, 0.1) is 0 Å². The highest BCUT2D eigenvalue weighted by Crippen LogP contribution is 2.34. The maximum atomic E-state index is 13.3. The van der Waals surface area contributed by atoms with E-state index in [1.54, 1.807) is 6.07 Å². The third-order valence-corrected chi connectivity index (χ3v) is 4.03. The van der Waals surface area contributed by atoms with Crippen molar-refractivity contribution in [2.24, 2.45) is 5.41 Å². The molecule has 2 rings (SSSR count). The van der Waals surface area contributed by atoms with Crippen molar-refractivity contribution in [3.63, 3.8) is 0 Å². The summed E-state index contributed by atoms with van der Waals surface area (Å²) in [5, 5.41) is 3.87. The molecular weight excluding hydrogens is 249 g/mol. The summed E-state index contributed by atoms with van der Waals surface area (Å²) in [6.45, 7) is 4.66. The Morgan fingerprint density at radius 1 is 1.22 bits per heavy atom. The van der Waals surface area contributed by atoms with E-state index in [0.29, 0.717) is 16.5 Å². The summed E-state index contributed by atoms with van der Waals surface area (Å²) in [6, 6.07) is 5.08. The molecule has 1 aromatic carbocycles. The summed E-state index contributed by atoms with van der Waals surface area (Å²) >= 11 is 5.87. The summed E-state index contributed by atoms with van der Waals surface area (Å²) in [7, 11) is 0. The second-order valence-corrected chi connectivity index (χ2v) is 6.53. The van der Waals surface area contributed by atoms with Gasteiger partial charge in [0.1, 0.15) is 5.82 Å². The average molecular weight is 270 g/mol. The summed E-state index contributed by atoms with van der Waals surface area (Å²) < 4.78 is 13.3. The topological polar surface area (TPSA) is 12.0 Å². The summed E-state index contributed by atoms with van der Waals surface area (Å²) in [5.41, 5.74) is 1.24. The summed E-state index contributed by atoms with van der Waals surface area (Å²) in [5.74, 6) is -0.279. The van der Waals surface area contributed by atoms with E-state index in [9.17, 15) is 4.39 Å². The maximum absolute atomic E-state index is 13.3. The van der Waals surface area contributed by atoms with Gasteiger partial charge in [-0.3, -0.25) is 0 Å². The highest BCUT2D eigenvalue weighted by molar-refractivity contribution is 6.30. The minimum absolute atomic E-state index is 0.279. The first-order valence-corrected chi connectivity index (χ1v) is 7.05. The van der Waals surface area contributed by atoms with Gasteiger partial charge in [0.25, 0.3) is 0 Å². The van der Waals surface area contributed by atoms with Crippen LogP contribution in [-0.2, 0) is 0 Å². The molecule has 0 heterocycles. The van der Waals surface area contributed by atoms with Crippen LogP contribution < -0.4 is 5.32 Å². The van der Waals surface area contributed by atoms with Gasteiger partial charge < -0.3 is 5.32 Å². The van der Waals surface area contributed by atoms with Crippen molar-refractivity contribution in [3.05, 3.63) is 29.0 Å². The number of benzene rings is 1. The Balaban J connectivity index is 2.00. The normalized spacial score (nSPS) is 23.4. The molecule has 1 aromatic rings. The lowest BCUT2D eigenvalue weighted by molar-refractivity contribution is 0.313. The Morgan fingerprint density at radius 3 is 2.72 bits per heavy atom. The van der Waals surface area contributed by atoms with E-state index >= 15 is 0 Å². The van der Waals surface area contributed by atoms with Crippen LogP contribution in [0.2, 0.25) is 5.02 Å². The lowest BCUT2D eigenvalue weighted by Gasteiger charge is -2.22. The van der Waals surface area contributed by atoms with Crippen LogP contribution in [0.25, 0.3) is 0 Å². The largest absolute Gasteiger partial charge is 0.382 e. The summed E-state index contributed by atoms with van der Waals surface area (Å²) in [6.07, 6.45) is 6.01. The minimum Gasteiger partial charge on any atom is -0.382 e. The molecule has 0 amide bonds. The fraction of sp³-hybridized carbons (Fsp3) is 0.600. The van der Waals surface area contributed by atoms with Crippen molar-refractivity contribution in [2.75, 3.05) is 5.32 Å². The third kappa shape index (κ3) is 3.88. The van der Waals surface area contributed by atoms with Gasteiger partial charge in [0, 0.05) is 16.8 Å². The first-order valence-electron chi connectivity index (χ1n) is 6.67. The summed E-state index contributed by atoms with van der Waals surface area (Å²) in [4.78, 5) is 0. The van der Waals surface area contributed by atoms with Crippen LogP contribution in [0.1, 0.15) is 46.0 Å². The van der Waals surface area contributed by atoms with Gasteiger partial charge in [0.2, 0.25) is 0 Å². The molecule has 3 heteroatoms. The van der Waals surface area contributed by atoms with E-state index in [1.807, 2.05) is 0 Å². The van der Waals surface area contributed by atoms with Crippen molar-refractivity contribution in [2.45, 2.75) is 52.0 Å². The van der Waals surface area contributed by atoms with E-state index in [1.165, 1.54) is 31.4 Å². The molecule has 1 aliphatic carbocycles. The zero-order chi connectivity index (χ0) is 13.2. The molecule has 1 fully saturated rings. The molecule has 100 valence electrons. The lowest BCUT2D eigenvalue weighted by atomic mass is 9.85. The Morgan fingerprint density at radius 2 is 2.00 bits per heavy atom. The van der Waals surface area contributed by atoms with E-state index in [0.717, 1.165) is 18.5 Å². The highest BCUT2D eigenvalue weighted by atomic mass is 35.5. The van der Waals surface area contributed by atoms with Gasteiger partial charge in [-0.1, -0.05) is 31.9 Å². The zero-order valence-electron chi connectivity index (χ0n) is 11.1. The number of rotatable bonds is 2. The molecule has 1 saturated carbocycles. The molecule has 0 bridgehead atoms. The first-order chi connectivity index (χ1) is 8.44. The standard InChI is InChI=1S/C15H21ClFN/c1-15(2)6-3-4-13(5-7-15)18-14-9-11(16)8-12(17)10-14/h8-10,13,18H,3-7H2,1-2H3. The number of anilines is 1. The SMILES string of the molecule is CC1(C)CCCC(Nc2cc(F)cc(Cl)c2)CC1. The lowest BCUT2D eigenvalue weighted by Crippen LogP contribution is -2.19. The van der Waals surface area contributed by atoms with Gasteiger partial charge in [-0.05, 0) is 49.3 Å². The predicted molar refractivity (Wildman–Crippen MR) is 75.7 cm³/mol. The van der Waals surface area contributed by atoms with Crippen molar-refractivity contribution in [3.8, 4) is 0 Å². The maximum Gasteiger partial charge on any atom is 0.126 e. The Kier molecular flexibility index (Phi) is 4.16. The van der Waals surface area contributed by atoms with Crippen LogP contribution in [0.3, 0.4) is 0 Å². The molecule has 0 aliphatic heterocycles. The molecule has 1 nitrogen and oxygen atoms in total. The van der Waals surface area contributed by atoms with Crippen molar-refractivity contribution < 1.29 is 4.39 Å². The molecule has 1 N–H and O–H groups in total. The average Bonchev–Trinajstić information content (AvgIpc) is 2.39. The third-order valence-electron chi connectivity index (χ3n) is 3.81. The van der Waals surface area contributed by atoms with Crippen LogP contribution in [-0.4, -0.2) is 6.04 Å². The fourth-order valence-electron chi connectivity index (χ4n) is 2.68.